The quantitative estimate of drug-likeness (QED) is 0.533. The lowest BCUT2D eigenvalue weighted by Gasteiger charge is -2.29. The van der Waals surface area contributed by atoms with Crippen molar-refractivity contribution in [3.05, 3.63) is 78.1 Å². The number of hydrogen-bond acceptors (Lipinski definition) is 6. The number of nitrogens with zero attached hydrogens (tertiary/aromatic N) is 2. The van der Waals surface area contributed by atoms with Crippen LogP contribution < -0.4 is 19.3 Å². The van der Waals surface area contributed by atoms with Crippen molar-refractivity contribution in [3.63, 3.8) is 0 Å². The zero-order valence-electron chi connectivity index (χ0n) is 19.4. The van der Waals surface area contributed by atoms with Crippen LogP contribution in [0.3, 0.4) is 0 Å². The lowest BCUT2D eigenvalue weighted by molar-refractivity contribution is 0.102. The minimum Gasteiger partial charge on any atom is -0.495 e. The maximum absolute atomic E-state index is 14.6. The summed E-state index contributed by atoms with van der Waals surface area (Å²) in [4.78, 5) is 14.6. The number of halogens is 1. The van der Waals surface area contributed by atoms with E-state index in [4.69, 9.17) is 9.47 Å². The number of para-hydroxylation sites is 2. The molecule has 1 aliphatic rings. The van der Waals surface area contributed by atoms with Gasteiger partial charge in [0.05, 0.1) is 36.6 Å². The average molecular weight is 500 g/mol. The molecule has 1 amide bonds. The van der Waals surface area contributed by atoms with E-state index in [1.54, 1.807) is 36.4 Å². The number of ether oxygens (including phenoxy) is 2. The number of anilines is 3. The number of nitrogens with one attached hydrogen (secondary N) is 1. The van der Waals surface area contributed by atoms with Gasteiger partial charge in [-0.25, -0.2) is 12.8 Å². The summed E-state index contributed by atoms with van der Waals surface area (Å²) in [7, 11) is -0.988. The summed E-state index contributed by atoms with van der Waals surface area (Å²) in [6.45, 7) is 2.28. The molecule has 0 spiro atoms. The number of hydrogen-bond donors (Lipinski definition) is 1. The first kappa shape index (κ1) is 24.5. The van der Waals surface area contributed by atoms with Crippen molar-refractivity contribution in [1.29, 1.82) is 0 Å². The minimum absolute atomic E-state index is 0.0170. The third-order valence-corrected chi connectivity index (χ3v) is 7.54. The molecule has 1 saturated heterocycles. The molecule has 0 unspecified atom stereocenters. The van der Waals surface area contributed by atoms with Gasteiger partial charge in [-0.2, -0.15) is 0 Å². The van der Waals surface area contributed by atoms with E-state index in [0.29, 0.717) is 49.1 Å². The topological polar surface area (TPSA) is 88.2 Å². The number of sulfonamides is 1. The molecule has 1 N–H and O–H groups in total. The van der Waals surface area contributed by atoms with Crippen LogP contribution in [0, 0.1) is 5.82 Å². The minimum atomic E-state index is -3.89. The van der Waals surface area contributed by atoms with Gasteiger partial charge in [-0.3, -0.25) is 9.10 Å². The molecule has 0 aromatic heterocycles. The molecule has 3 aromatic carbocycles. The SMILES string of the molecule is COc1ccccc1N(C)S(=O)(=O)c1ccc(C(=O)Nc2ccc(N3CCOCC3)c(F)c2)cc1. The van der Waals surface area contributed by atoms with E-state index in [9.17, 15) is 17.6 Å². The number of benzene rings is 3. The van der Waals surface area contributed by atoms with Crippen LogP contribution in [0.15, 0.2) is 71.6 Å². The van der Waals surface area contributed by atoms with Gasteiger partial charge < -0.3 is 19.7 Å². The van der Waals surface area contributed by atoms with Gasteiger partial charge >= 0.3 is 0 Å². The normalized spacial score (nSPS) is 13.9. The molecule has 35 heavy (non-hydrogen) atoms. The number of amides is 1. The number of carbonyl (C=O) groups excluding carboxylic acids is 1. The summed E-state index contributed by atoms with van der Waals surface area (Å²) in [6.07, 6.45) is 0. The maximum atomic E-state index is 14.6. The molecule has 3 aromatic rings. The highest BCUT2D eigenvalue weighted by Crippen LogP contribution is 2.31. The fourth-order valence-electron chi connectivity index (χ4n) is 3.80. The number of morpholine rings is 1. The second-order valence-corrected chi connectivity index (χ2v) is 9.86. The molecular formula is C25H26FN3O5S. The van der Waals surface area contributed by atoms with Gasteiger partial charge in [0, 0.05) is 31.4 Å². The van der Waals surface area contributed by atoms with Crippen LogP contribution in [-0.2, 0) is 14.8 Å². The molecule has 10 heteroatoms. The van der Waals surface area contributed by atoms with Gasteiger partial charge in [0.2, 0.25) is 0 Å². The van der Waals surface area contributed by atoms with Crippen LogP contribution >= 0.6 is 0 Å². The molecule has 0 radical (unpaired) electrons. The van der Waals surface area contributed by atoms with E-state index in [2.05, 4.69) is 5.32 Å². The summed E-state index contributed by atoms with van der Waals surface area (Å²) in [5.74, 6) is -0.502. The first-order chi connectivity index (χ1) is 16.8. The van der Waals surface area contributed by atoms with Crippen molar-refractivity contribution in [2.75, 3.05) is 55.0 Å². The molecular weight excluding hydrogens is 473 g/mol. The van der Waals surface area contributed by atoms with Crippen molar-refractivity contribution in [3.8, 4) is 5.75 Å². The first-order valence-electron chi connectivity index (χ1n) is 11.0. The highest BCUT2D eigenvalue weighted by atomic mass is 32.2. The van der Waals surface area contributed by atoms with Crippen LogP contribution in [0.25, 0.3) is 0 Å². The smallest absolute Gasteiger partial charge is 0.264 e. The van der Waals surface area contributed by atoms with Crippen molar-refractivity contribution < 1.29 is 27.1 Å². The molecule has 4 rings (SSSR count). The van der Waals surface area contributed by atoms with Crippen LogP contribution in [0.5, 0.6) is 5.75 Å². The standard InChI is InChI=1S/C25H26FN3O5S/c1-28(23-5-3-4-6-24(23)33-2)35(31,32)20-10-7-18(8-11-20)25(30)27-19-9-12-22(21(26)17-19)29-13-15-34-16-14-29/h3-12,17H,13-16H2,1-2H3,(H,27,30). The Labute approximate surface area is 203 Å². The second-order valence-electron chi connectivity index (χ2n) is 7.89. The Hall–Kier alpha value is -3.63. The van der Waals surface area contributed by atoms with Crippen LogP contribution in [-0.4, -0.2) is 54.8 Å². The predicted octanol–water partition coefficient (Wildman–Crippen LogP) is 3.75. The summed E-state index contributed by atoms with van der Waals surface area (Å²) >= 11 is 0. The average Bonchev–Trinajstić information content (AvgIpc) is 2.88. The van der Waals surface area contributed by atoms with E-state index < -0.39 is 21.7 Å². The fraction of sp³-hybridized carbons (Fsp3) is 0.240. The van der Waals surface area contributed by atoms with E-state index in [1.807, 2.05) is 4.90 Å². The highest BCUT2D eigenvalue weighted by Gasteiger charge is 2.24. The number of rotatable bonds is 7. The second kappa shape index (κ2) is 10.3. The third-order valence-electron chi connectivity index (χ3n) is 5.76. The van der Waals surface area contributed by atoms with Crippen LogP contribution in [0.4, 0.5) is 21.5 Å². The monoisotopic (exact) mass is 499 g/mol. The van der Waals surface area contributed by atoms with E-state index in [0.717, 1.165) is 4.31 Å². The van der Waals surface area contributed by atoms with Crippen molar-refractivity contribution >= 4 is 33.0 Å². The van der Waals surface area contributed by atoms with Gasteiger partial charge in [-0.05, 0) is 54.6 Å². The Bertz CT molecular complexity index is 1310. The largest absolute Gasteiger partial charge is 0.495 e. The molecule has 8 nitrogen and oxygen atoms in total. The summed E-state index contributed by atoms with van der Waals surface area (Å²) in [5, 5.41) is 2.65. The summed E-state index contributed by atoms with van der Waals surface area (Å²) in [5.41, 5.74) is 1.39. The van der Waals surface area contributed by atoms with Gasteiger partial charge in [0.15, 0.2) is 0 Å². The first-order valence-corrected chi connectivity index (χ1v) is 12.4. The van der Waals surface area contributed by atoms with Crippen molar-refractivity contribution in [2.45, 2.75) is 4.90 Å². The Kier molecular flexibility index (Phi) is 7.23. The Morgan fingerprint density at radius 3 is 2.40 bits per heavy atom. The summed E-state index contributed by atoms with van der Waals surface area (Å²) in [6, 6.07) is 16.8. The van der Waals surface area contributed by atoms with E-state index in [-0.39, 0.29) is 10.5 Å². The zero-order chi connectivity index (χ0) is 25.0. The third kappa shape index (κ3) is 5.23. The highest BCUT2D eigenvalue weighted by molar-refractivity contribution is 7.92. The van der Waals surface area contributed by atoms with Gasteiger partial charge in [-0.15, -0.1) is 0 Å². The van der Waals surface area contributed by atoms with Crippen LogP contribution in [0.2, 0.25) is 0 Å². The Balaban J connectivity index is 1.47. The molecule has 0 saturated carbocycles. The molecule has 1 fully saturated rings. The van der Waals surface area contributed by atoms with Crippen LogP contribution in [0.1, 0.15) is 10.4 Å². The number of methoxy groups -OCH3 is 1. The molecule has 1 aliphatic heterocycles. The van der Waals surface area contributed by atoms with Gasteiger partial charge in [-0.1, -0.05) is 12.1 Å². The summed E-state index contributed by atoms with van der Waals surface area (Å²) < 4.78 is 52.5. The van der Waals surface area contributed by atoms with Gasteiger partial charge in [0.1, 0.15) is 11.6 Å². The molecule has 0 atom stereocenters. The van der Waals surface area contributed by atoms with E-state index in [1.165, 1.54) is 44.5 Å². The van der Waals surface area contributed by atoms with Crippen molar-refractivity contribution in [2.24, 2.45) is 0 Å². The van der Waals surface area contributed by atoms with E-state index >= 15 is 0 Å². The maximum Gasteiger partial charge on any atom is 0.264 e. The fourth-order valence-corrected chi connectivity index (χ4v) is 5.01. The molecule has 0 bridgehead atoms. The van der Waals surface area contributed by atoms with Gasteiger partial charge in [0.25, 0.3) is 15.9 Å². The predicted molar refractivity (Wildman–Crippen MR) is 132 cm³/mol. The molecule has 1 heterocycles. The lowest BCUT2D eigenvalue weighted by Crippen LogP contribution is -2.36. The van der Waals surface area contributed by atoms with Crippen molar-refractivity contribution in [1.82, 2.24) is 0 Å². The molecule has 0 aliphatic carbocycles. The Morgan fingerprint density at radius 2 is 1.74 bits per heavy atom. The molecule has 184 valence electrons. The zero-order valence-corrected chi connectivity index (χ0v) is 20.2. The lowest BCUT2D eigenvalue weighted by atomic mass is 10.2. The Morgan fingerprint density at radius 1 is 1.06 bits per heavy atom. The number of carbonyl (C=O) groups is 1.